The van der Waals surface area contributed by atoms with Gasteiger partial charge in [-0.05, 0) is 67.2 Å². The van der Waals surface area contributed by atoms with Gasteiger partial charge in [0.05, 0.1) is 0 Å². The molecule has 1 aromatic carbocycles. The van der Waals surface area contributed by atoms with Crippen LogP contribution in [0.2, 0.25) is 5.02 Å². The molecule has 1 nitrogen and oxygen atoms in total. The Morgan fingerprint density at radius 1 is 1.33 bits per heavy atom. The van der Waals surface area contributed by atoms with E-state index in [1.165, 1.54) is 25.3 Å². The Balaban J connectivity index is 2.01. The van der Waals surface area contributed by atoms with E-state index >= 15 is 0 Å². The summed E-state index contributed by atoms with van der Waals surface area (Å²) >= 11 is 5.97. The molecule has 0 saturated heterocycles. The maximum atomic E-state index is 13.9. The average Bonchev–Trinajstić information content (AvgIpc) is 2.50. The van der Waals surface area contributed by atoms with Crippen molar-refractivity contribution in [1.29, 1.82) is 0 Å². The predicted molar refractivity (Wildman–Crippen MR) is 86.1 cm³/mol. The molecule has 0 unspecified atom stereocenters. The molecule has 0 radical (unpaired) electrons. The number of hydrogen-bond donors (Lipinski definition) is 1. The van der Waals surface area contributed by atoms with Crippen LogP contribution >= 0.6 is 11.6 Å². The zero-order chi connectivity index (χ0) is 15.3. The van der Waals surface area contributed by atoms with Gasteiger partial charge in [0.2, 0.25) is 0 Å². The van der Waals surface area contributed by atoms with E-state index in [4.69, 9.17) is 11.6 Å². The fourth-order valence-corrected chi connectivity index (χ4v) is 3.74. The zero-order valence-corrected chi connectivity index (χ0v) is 13.6. The molecule has 1 N–H and O–H groups in total. The first-order valence-electron chi connectivity index (χ1n) is 8.13. The van der Waals surface area contributed by atoms with E-state index in [2.05, 4.69) is 6.92 Å². The van der Waals surface area contributed by atoms with Crippen LogP contribution in [-0.4, -0.2) is 11.7 Å². The first-order chi connectivity index (χ1) is 10.1. The van der Waals surface area contributed by atoms with Gasteiger partial charge in [0.25, 0.3) is 0 Å². The Kier molecular flexibility index (Phi) is 6.07. The summed E-state index contributed by atoms with van der Waals surface area (Å²) in [6, 6.07) is 4.71. The van der Waals surface area contributed by atoms with Gasteiger partial charge in [-0.25, -0.2) is 4.39 Å². The third-order valence-corrected chi connectivity index (χ3v) is 5.28. The van der Waals surface area contributed by atoms with E-state index in [9.17, 15) is 9.50 Å². The van der Waals surface area contributed by atoms with Crippen LogP contribution in [0.1, 0.15) is 57.4 Å². The summed E-state index contributed by atoms with van der Waals surface area (Å²) in [4.78, 5) is 0. The quantitative estimate of drug-likeness (QED) is 0.747. The van der Waals surface area contributed by atoms with E-state index in [1.54, 1.807) is 12.1 Å². The van der Waals surface area contributed by atoms with Crippen molar-refractivity contribution in [1.82, 2.24) is 0 Å². The van der Waals surface area contributed by atoms with Gasteiger partial charge in [0.1, 0.15) is 5.82 Å². The highest BCUT2D eigenvalue weighted by Crippen LogP contribution is 2.43. The highest BCUT2D eigenvalue weighted by molar-refractivity contribution is 6.30. The number of aliphatic hydroxyl groups is 1. The predicted octanol–water partition coefficient (Wildman–Crippen LogP) is 5.38. The molecule has 1 fully saturated rings. The monoisotopic (exact) mass is 312 g/mol. The van der Waals surface area contributed by atoms with Crippen LogP contribution in [0.15, 0.2) is 18.2 Å². The molecule has 0 bridgehead atoms. The second-order valence-corrected chi connectivity index (χ2v) is 7.09. The van der Waals surface area contributed by atoms with Gasteiger partial charge >= 0.3 is 0 Å². The molecule has 0 heterocycles. The SMILES string of the molecule is CCCCC1CCC(CO)(Cc2cc(Cl)ccc2F)CC1. The topological polar surface area (TPSA) is 20.2 Å². The van der Waals surface area contributed by atoms with Crippen LogP contribution in [-0.2, 0) is 6.42 Å². The Bertz CT molecular complexity index is 453. The van der Waals surface area contributed by atoms with E-state index in [0.29, 0.717) is 17.0 Å². The first kappa shape index (κ1) is 16.8. The van der Waals surface area contributed by atoms with Gasteiger partial charge in [-0.1, -0.05) is 37.8 Å². The van der Waals surface area contributed by atoms with Crippen LogP contribution < -0.4 is 0 Å². The summed E-state index contributed by atoms with van der Waals surface area (Å²) in [6.07, 6.45) is 8.72. The maximum absolute atomic E-state index is 13.9. The molecule has 1 aliphatic carbocycles. The average molecular weight is 313 g/mol. The Morgan fingerprint density at radius 2 is 2.05 bits per heavy atom. The summed E-state index contributed by atoms with van der Waals surface area (Å²) in [5.74, 6) is 0.578. The molecule has 0 atom stereocenters. The minimum absolute atomic E-state index is 0.138. The lowest BCUT2D eigenvalue weighted by atomic mass is 9.67. The molecule has 21 heavy (non-hydrogen) atoms. The molecule has 0 amide bonds. The largest absolute Gasteiger partial charge is 0.396 e. The molecule has 0 aliphatic heterocycles. The minimum Gasteiger partial charge on any atom is -0.396 e. The summed E-state index contributed by atoms with van der Waals surface area (Å²) in [7, 11) is 0. The van der Waals surface area contributed by atoms with Crippen molar-refractivity contribution < 1.29 is 9.50 Å². The van der Waals surface area contributed by atoms with Crippen LogP contribution in [0, 0.1) is 17.2 Å². The number of unbranched alkanes of at least 4 members (excludes halogenated alkanes) is 1. The number of rotatable bonds is 6. The highest BCUT2D eigenvalue weighted by Gasteiger charge is 2.35. The number of hydrogen-bond acceptors (Lipinski definition) is 1. The molecule has 0 spiro atoms. The standard InChI is InChI=1S/C18H26ClFO/c1-2-3-4-14-7-9-18(13-21,10-8-14)12-15-11-16(19)5-6-17(15)20/h5-6,11,14,21H,2-4,7-10,12-13H2,1H3. The second-order valence-electron chi connectivity index (χ2n) is 6.66. The third kappa shape index (κ3) is 4.43. The van der Waals surface area contributed by atoms with Crippen molar-refractivity contribution in [3.8, 4) is 0 Å². The molecule has 2 rings (SSSR count). The minimum atomic E-state index is -0.208. The van der Waals surface area contributed by atoms with Gasteiger partial charge in [0.15, 0.2) is 0 Å². The van der Waals surface area contributed by atoms with Crippen LogP contribution in [0.25, 0.3) is 0 Å². The zero-order valence-electron chi connectivity index (χ0n) is 12.9. The fraction of sp³-hybridized carbons (Fsp3) is 0.667. The lowest BCUT2D eigenvalue weighted by Gasteiger charge is -2.39. The number of halogens is 2. The van der Waals surface area contributed by atoms with Crippen LogP contribution in [0.4, 0.5) is 4.39 Å². The molecule has 3 heteroatoms. The van der Waals surface area contributed by atoms with Crippen LogP contribution in [0.3, 0.4) is 0 Å². The number of aliphatic hydroxyl groups excluding tert-OH is 1. The van der Waals surface area contributed by atoms with Gasteiger partial charge in [-0.2, -0.15) is 0 Å². The van der Waals surface area contributed by atoms with E-state index < -0.39 is 0 Å². The van der Waals surface area contributed by atoms with E-state index in [1.807, 2.05) is 0 Å². The highest BCUT2D eigenvalue weighted by atomic mass is 35.5. The summed E-state index contributed by atoms with van der Waals surface area (Å²) in [5.41, 5.74) is 0.484. The van der Waals surface area contributed by atoms with Crippen molar-refractivity contribution in [3.63, 3.8) is 0 Å². The van der Waals surface area contributed by atoms with Crippen molar-refractivity contribution in [2.24, 2.45) is 11.3 Å². The van der Waals surface area contributed by atoms with Crippen molar-refractivity contribution >= 4 is 11.6 Å². The van der Waals surface area contributed by atoms with Gasteiger partial charge in [-0.3, -0.25) is 0 Å². The molecule has 118 valence electrons. The van der Waals surface area contributed by atoms with Crippen molar-refractivity contribution in [3.05, 3.63) is 34.6 Å². The fourth-order valence-electron chi connectivity index (χ4n) is 3.55. The smallest absolute Gasteiger partial charge is 0.126 e. The molecular weight excluding hydrogens is 287 g/mol. The lowest BCUT2D eigenvalue weighted by Crippen LogP contribution is -2.33. The van der Waals surface area contributed by atoms with Crippen molar-refractivity contribution in [2.75, 3.05) is 6.61 Å². The summed E-state index contributed by atoms with van der Waals surface area (Å²) in [6.45, 7) is 2.36. The van der Waals surface area contributed by atoms with Gasteiger partial charge < -0.3 is 5.11 Å². The Morgan fingerprint density at radius 3 is 2.67 bits per heavy atom. The third-order valence-electron chi connectivity index (χ3n) is 5.04. The molecule has 1 saturated carbocycles. The van der Waals surface area contributed by atoms with E-state index in [-0.39, 0.29) is 17.8 Å². The second kappa shape index (κ2) is 7.60. The first-order valence-corrected chi connectivity index (χ1v) is 8.51. The molecule has 0 aromatic heterocycles. The number of benzene rings is 1. The van der Waals surface area contributed by atoms with Gasteiger partial charge in [-0.15, -0.1) is 0 Å². The molecule has 1 aromatic rings. The normalized spacial score (nSPS) is 26.0. The summed E-state index contributed by atoms with van der Waals surface area (Å²) < 4.78 is 13.9. The molecular formula is C18H26ClFO. The Hall–Kier alpha value is -0.600. The maximum Gasteiger partial charge on any atom is 0.126 e. The molecule has 1 aliphatic rings. The lowest BCUT2D eigenvalue weighted by molar-refractivity contribution is 0.0613. The van der Waals surface area contributed by atoms with Crippen LogP contribution in [0.5, 0.6) is 0 Å². The summed E-state index contributed by atoms with van der Waals surface area (Å²) in [5, 5.41) is 10.4. The van der Waals surface area contributed by atoms with Crippen molar-refractivity contribution in [2.45, 2.75) is 58.3 Å². The van der Waals surface area contributed by atoms with Gasteiger partial charge in [0, 0.05) is 11.6 Å². The Labute approximate surface area is 132 Å². The van der Waals surface area contributed by atoms with E-state index in [0.717, 1.165) is 31.6 Å².